The van der Waals surface area contributed by atoms with Crippen LogP contribution in [0.4, 0.5) is 0 Å². The average Bonchev–Trinajstić information content (AvgIpc) is 3.24. The van der Waals surface area contributed by atoms with E-state index >= 15 is 0 Å². The molecule has 1 aromatic rings. The number of aryl methyl sites for hydroxylation is 1. The Balaban J connectivity index is 0.00000220. The molecule has 0 bridgehead atoms. The fourth-order valence-electron chi connectivity index (χ4n) is 2.12. The van der Waals surface area contributed by atoms with E-state index in [0.29, 0.717) is 23.2 Å². The van der Waals surface area contributed by atoms with Crippen LogP contribution in [0.25, 0.3) is 0 Å². The van der Waals surface area contributed by atoms with Crippen LogP contribution in [0.1, 0.15) is 25.3 Å². The number of benzene rings is 1. The Labute approximate surface area is 136 Å². The van der Waals surface area contributed by atoms with E-state index in [-0.39, 0.29) is 24.4 Å². The summed E-state index contributed by atoms with van der Waals surface area (Å²) >= 11 is 5.96. The van der Waals surface area contributed by atoms with E-state index in [9.17, 15) is 4.79 Å². The fraction of sp³-hybridized carbons (Fsp3) is 0.533. The average molecular weight is 333 g/mol. The number of halogens is 2. The smallest absolute Gasteiger partial charge is 0.261 e. The molecule has 2 rings (SSSR count). The maximum absolute atomic E-state index is 12.1. The summed E-state index contributed by atoms with van der Waals surface area (Å²) in [6.45, 7) is 4.11. The minimum Gasteiger partial charge on any atom is -0.481 e. The monoisotopic (exact) mass is 332 g/mol. The first-order valence-corrected chi connectivity index (χ1v) is 7.32. The minimum atomic E-state index is -0.552. The molecule has 0 heterocycles. The molecule has 6 heteroatoms. The Morgan fingerprint density at radius 2 is 2.19 bits per heavy atom. The molecule has 0 spiro atoms. The van der Waals surface area contributed by atoms with Gasteiger partial charge in [-0.15, -0.1) is 12.4 Å². The maximum Gasteiger partial charge on any atom is 0.261 e. The van der Waals surface area contributed by atoms with Gasteiger partial charge in [0.05, 0.1) is 0 Å². The normalized spacial score (nSPS) is 16.6. The first-order chi connectivity index (χ1) is 9.51. The topological polar surface area (TPSA) is 64.3 Å². The number of hydrogen-bond donors (Lipinski definition) is 2. The van der Waals surface area contributed by atoms with Crippen molar-refractivity contribution in [2.75, 3.05) is 6.54 Å². The number of nitrogens with one attached hydrogen (secondary N) is 1. The molecule has 0 aliphatic heterocycles. The third kappa shape index (κ3) is 5.06. The Morgan fingerprint density at radius 3 is 2.71 bits per heavy atom. The molecule has 1 aliphatic rings. The molecule has 2 atom stereocenters. The molecule has 1 aromatic carbocycles. The van der Waals surface area contributed by atoms with Crippen molar-refractivity contribution in [1.82, 2.24) is 5.32 Å². The van der Waals surface area contributed by atoms with Gasteiger partial charge in [0, 0.05) is 17.6 Å². The number of carbonyl (C=O) groups excluding carboxylic acids is 1. The summed E-state index contributed by atoms with van der Waals surface area (Å²) in [5.41, 5.74) is 6.61. The Bertz CT molecular complexity index is 493. The summed E-state index contributed by atoms with van der Waals surface area (Å²) in [6.07, 6.45) is 1.74. The highest BCUT2D eigenvalue weighted by Crippen LogP contribution is 2.32. The number of amides is 1. The van der Waals surface area contributed by atoms with Gasteiger partial charge in [0.2, 0.25) is 0 Å². The summed E-state index contributed by atoms with van der Waals surface area (Å²) < 4.78 is 5.65. The van der Waals surface area contributed by atoms with Crippen molar-refractivity contribution in [2.45, 2.75) is 38.8 Å². The lowest BCUT2D eigenvalue weighted by atomic mass is 10.2. The van der Waals surface area contributed by atoms with Crippen molar-refractivity contribution in [3.05, 3.63) is 28.8 Å². The number of rotatable bonds is 6. The first kappa shape index (κ1) is 18.1. The molecular formula is C15H22Cl2N2O2. The van der Waals surface area contributed by atoms with Gasteiger partial charge < -0.3 is 15.8 Å². The SMILES string of the molecule is Cc1cc(OC(C)C(=O)NC(CN)C2CC2)ccc1Cl.Cl. The zero-order chi connectivity index (χ0) is 14.7. The van der Waals surface area contributed by atoms with Gasteiger partial charge in [-0.2, -0.15) is 0 Å². The van der Waals surface area contributed by atoms with Crippen molar-refractivity contribution in [3.8, 4) is 5.75 Å². The van der Waals surface area contributed by atoms with E-state index in [1.165, 1.54) is 0 Å². The molecule has 1 saturated carbocycles. The van der Waals surface area contributed by atoms with Gasteiger partial charge in [0.25, 0.3) is 5.91 Å². The van der Waals surface area contributed by atoms with Crippen molar-refractivity contribution in [3.63, 3.8) is 0 Å². The van der Waals surface area contributed by atoms with Gasteiger partial charge in [0.1, 0.15) is 5.75 Å². The largest absolute Gasteiger partial charge is 0.481 e. The van der Waals surface area contributed by atoms with E-state index in [2.05, 4.69) is 5.32 Å². The van der Waals surface area contributed by atoms with Gasteiger partial charge in [-0.1, -0.05) is 11.6 Å². The second kappa shape index (κ2) is 7.87. The van der Waals surface area contributed by atoms with Crippen molar-refractivity contribution in [1.29, 1.82) is 0 Å². The van der Waals surface area contributed by atoms with Crippen LogP contribution in [-0.2, 0) is 4.79 Å². The van der Waals surface area contributed by atoms with Crippen molar-refractivity contribution in [2.24, 2.45) is 11.7 Å². The molecule has 3 N–H and O–H groups in total. The Hall–Kier alpha value is -0.970. The highest BCUT2D eigenvalue weighted by Gasteiger charge is 2.32. The van der Waals surface area contributed by atoms with Crippen LogP contribution in [0.3, 0.4) is 0 Å². The highest BCUT2D eigenvalue weighted by atomic mass is 35.5. The standard InChI is InChI=1S/C15H21ClN2O2.ClH/c1-9-7-12(5-6-13(9)16)20-10(2)15(19)18-14(8-17)11-3-4-11;/h5-7,10-11,14H,3-4,8,17H2,1-2H3,(H,18,19);1H. The van der Waals surface area contributed by atoms with E-state index in [1.54, 1.807) is 19.1 Å². The van der Waals surface area contributed by atoms with Gasteiger partial charge >= 0.3 is 0 Å². The van der Waals surface area contributed by atoms with Crippen LogP contribution >= 0.6 is 24.0 Å². The zero-order valence-corrected chi connectivity index (χ0v) is 13.8. The lowest BCUT2D eigenvalue weighted by molar-refractivity contribution is -0.128. The molecule has 1 aliphatic carbocycles. The Kier molecular flexibility index (Phi) is 6.78. The summed E-state index contributed by atoms with van der Waals surface area (Å²) in [5, 5.41) is 3.65. The quantitative estimate of drug-likeness (QED) is 0.841. The van der Waals surface area contributed by atoms with Crippen molar-refractivity contribution < 1.29 is 9.53 Å². The number of hydrogen-bond acceptors (Lipinski definition) is 3. The molecule has 1 amide bonds. The number of nitrogens with two attached hydrogens (primary N) is 1. The van der Waals surface area contributed by atoms with E-state index in [1.807, 2.05) is 13.0 Å². The van der Waals surface area contributed by atoms with E-state index < -0.39 is 6.10 Å². The molecule has 1 fully saturated rings. The van der Waals surface area contributed by atoms with Crippen LogP contribution in [0, 0.1) is 12.8 Å². The van der Waals surface area contributed by atoms with E-state index in [4.69, 9.17) is 22.1 Å². The fourth-order valence-corrected chi connectivity index (χ4v) is 2.23. The van der Waals surface area contributed by atoms with Gasteiger partial charge in [-0.3, -0.25) is 4.79 Å². The number of ether oxygens (including phenoxy) is 1. The van der Waals surface area contributed by atoms with Gasteiger partial charge in [-0.05, 0) is 56.4 Å². The van der Waals surface area contributed by atoms with Crippen molar-refractivity contribution >= 4 is 29.9 Å². The van der Waals surface area contributed by atoms with Crippen LogP contribution in [0.5, 0.6) is 5.75 Å². The predicted molar refractivity (Wildman–Crippen MR) is 87.2 cm³/mol. The number of carbonyl (C=O) groups is 1. The lowest BCUT2D eigenvalue weighted by Crippen LogP contribution is -2.46. The summed E-state index contributed by atoms with van der Waals surface area (Å²) in [7, 11) is 0. The van der Waals surface area contributed by atoms with Crippen LogP contribution < -0.4 is 15.8 Å². The molecule has 0 radical (unpaired) electrons. The molecule has 118 valence electrons. The molecule has 0 aromatic heterocycles. The summed E-state index contributed by atoms with van der Waals surface area (Å²) in [5.74, 6) is 1.05. The third-order valence-electron chi connectivity index (χ3n) is 3.58. The third-order valence-corrected chi connectivity index (χ3v) is 4.01. The molecule has 21 heavy (non-hydrogen) atoms. The highest BCUT2D eigenvalue weighted by molar-refractivity contribution is 6.31. The maximum atomic E-state index is 12.1. The second-order valence-electron chi connectivity index (χ2n) is 5.36. The van der Waals surface area contributed by atoms with Crippen LogP contribution in [-0.4, -0.2) is 24.6 Å². The van der Waals surface area contributed by atoms with Crippen LogP contribution in [0.15, 0.2) is 18.2 Å². The summed E-state index contributed by atoms with van der Waals surface area (Å²) in [6, 6.07) is 5.43. The Morgan fingerprint density at radius 1 is 1.52 bits per heavy atom. The first-order valence-electron chi connectivity index (χ1n) is 6.94. The molecular weight excluding hydrogens is 311 g/mol. The molecule has 2 unspecified atom stereocenters. The molecule has 0 saturated heterocycles. The van der Waals surface area contributed by atoms with Crippen LogP contribution in [0.2, 0.25) is 5.02 Å². The zero-order valence-electron chi connectivity index (χ0n) is 12.3. The predicted octanol–water partition coefficient (Wildman–Crippen LogP) is 2.69. The van der Waals surface area contributed by atoms with Gasteiger partial charge in [-0.25, -0.2) is 0 Å². The second-order valence-corrected chi connectivity index (χ2v) is 5.77. The van der Waals surface area contributed by atoms with Gasteiger partial charge in [0.15, 0.2) is 6.10 Å². The molecule has 4 nitrogen and oxygen atoms in total. The lowest BCUT2D eigenvalue weighted by Gasteiger charge is -2.20. The summed E-state index contributed by atoms with van der Waals surface area (Å²) in [4.78, 5) is 12.1. The van der Waals surface area contributed by atoms with E-state index in [0.717, 1.165) is 18.4 Å². The minimum absolute atomic E-state index is 0.